The molecule has 0 aromatic carbocycles. The third-order valence-electron chi connectivity index (χ3n) is 5.25. The molecular weight excluding hydrogens is 278 g/mol. The van der Waals surface area contributed by atoms with Gasteiger partial charge in [0, 0.05) is 18.4 Å². The van der Waals surface area contributed by atoms with Crippen LogP contribution in [0.4, 0.5) is 0 Å². The minimum Gasteiger partial charge on any atom is -0.370 e. The van der Waals surface area contributed by atoms with Crippen molar-refractivity contribution in [1.82, 2.24) is 14.8 Å². The quantitative estimate of drug-likeness (QED) is 0.831. The lowest BCUT2D eigenvalue weighted by atomic mass is 9.88. The minimum absolute atomic E-state index is 0.0729. The van der Waals surface area contributed by atoms with Crippen molar-refractivity contribution in [1.29, 1.82) is 0 Å². The smallest absolute Gasteiger partial charge is 0.255 e. The SMILES string of the molecule is O=C(c1cccnc1)N1CC2(CC(N3CCCCC3)CO2)C1. The number of rotatable bonds is 2. The molecule has 0 aliphatic carbocycles. The van der Waals surface area contributed by atoms with Crippen LogP contribution in [-0.4, -0.2) is 65.1 Å². The Morgan fingerprint density at radius 1 is 1.27 bits per heavy atom. The number of aromatic nitrogens is 1. The van der Waals surface area contributed by atoms with Gasteiger partial charge in [-0.25, -0.2) is 0 Å². The summed E-state index contributed by atoms with van der Waals surface area (Å²) in [6.45, 7) is 4.70. The lowest BCUT2D eigenvalue weighted by Crippen LogP contribution is -2.63. The Labute approximate surface area is 131 Å². The van der Waals surface area contributed by atoms with E-state index in [4.69, 9.17) is 4.74 Å². The second-order valence-corrected chi connectivity index (χ2v) is 6.85. The fraction of sp³-hybridized carbons (Fsp3) is 0.647. The highest BCUT2D eigenvalue weighted by Crippen LogP contribution is 2.38. The van der Waals surface area contributed by atoms with Gasteiger partial charge in [0.1, 0.15) is 5.60 Å². The normalized spacial score (nSPS) is 27.8. The third-order valence-corrected chi connectivity index (χ3v) is 5.25. The van der Waals surface area contributed by atoms with Gasteiger partial charge in [-0.05, 0) is 44.5 Å². The topological polar surface area (TPSA) is 45.7 Å². The fourth-order valence-corrected chi connectivity index (χ4v) is 4.02. The van der Waals surface area contributed by atoms with Crippen LogP contribution in [0.3, 0.4) is 0 Å². The molecular formula is C17H23N3O2. The van der Waals surface area contributed by atoms with Gasteiger partial charge in [-0.1, -0.05) is 6.42 Å². The molecule has 118 valence electrons. The largest absolute Gasteiger partial charge is 0.370 e. The second-order valence-electron chi connectivity index (χ2n) is 6.85. The van der Waals surface area contributed by atoms with Crippen molar-refractivity contribution in [3.05, 3.63) is 30.1 Å². The van der Waals surface area contributed by atoms with E-state index in [0.29, 0.717) is 11.6 Å². The number of hydrogen-bond donors (Lipinski definition) is 0. The van der Waals surface area contributed by atoms with Crippen molar-refractivity contribution in [2.45, 2.75) is 37.3 Å². The molecule has 5 nitrogen and oxygen atoms in total. The molecule has 1 spiro atoms. The molecule has 1 amide bonds. The first-order chi connectivity index (χ1) is 10.8. The van der Waals surface area contributed by atoms with E-state index in [1.807, 2.05) is 11.0 Å². The molecule has 4 rings (SSSR count). The second kappa shape index (κ2) is 5.63. The van der Waals surface area contributed by atoms with Crippen molar-refractivity contribution in [2.75, 3.05) is 32.8 Å². The summed E-state index contributed by atoms with van der Waals surface area (Å²) in [6.07, 6.45) is 8.40. The standard InChI is InChI=1S/C17H23N3O2/c21-16(14-5-4-6-18-10-14)20-12-17(13-20)9-15(11-22-17)19-7-2-1-3-8-19/h4-6,10,15H,1-3,7-9,11-13H2. The predicted molar refractivity (Wildman–Crippen MR) is 82.7 cm³/mol. The minimum atomic E-state index is -0.0834. The van der Waals surface area contributed by atoms with Crippen LogP contribution in [0, 0.1) is 0 Å². The van der Waals surface area contributed by atoms with Crippen LogP contribution in [0.2, 0.25) is 0 Å². The zero-order valence-electron chi connectivity index (χ0n) is 12.9. The molecule has 0 saturated carbocycles. The molecule has 1 aromatic rings. The van der Waals surface area contributed by atoms with Crippen LogP contribution >= 0.6 is 0 Å². The number of likely N-dealkylation sites (tertiary alicyclic amines) is 2. The number of amides is 1. The van der Waals surface area contributed by atoms with Crippen LogP contribution in [0.25, 0.3) is 0 Å². The Morgan fingerprint density at radius 3 is 2.82 bits per heavy atom. The van der Waals surface area contributed by atoms with Crippen molar-refractivity contribution in [3.8, 4) is 0 Å². The van der Waals surface area contributed by atoms with Gasteiger partial charge < -0.3 is 9.64 Å². The molecule has 3 saturated heterocycles. The van der Waals surface area contributed by atoms with Gasteiger partial charge in [-0.3, -0.25) is 14.7 Å². The predicted octanol–water partition coefficient (Wildman–Crippen LogP) is 1.55. The van der Waals surface area contributed by atoms with E-state index in [0.717, 1.165) is 26.1 Å². The molecule has 3 aliphatic rings. The van der Waals surface area contributed by atoms with Crippen molar-refractivity contribution in [3.63, 3.8) is 0 Å². The van der Waals surface area contributed by atoms with Gasteiger partial charge in [-0.15, -0.1) is 0 Å². The summed E-state index contributed by atoms with van der Waals surface area (Å²) in [4.78, 5) is 20.9. The van der Waals surface area contributed by atoms with Crippen molar-refractivity contribution < 1.29 is 9.53 Å². The maximum Gasteiger partial charge on any atom is 0.255 e. The maximum atomic E-state index is 12.4. The molecule has 3 fully saturated rings. The van der Waals surface area contributed by atoms with Crippen LogP contribution in [0.1, 0.15) is 36.0 Å². The molecule has 0 bridgehead atoms. The van der Waals surface area contributed by atoms with Gasteiger partial charge in [0.2, 0.25) is 0 Å². The summed E-state index contributed by atoms with van der Waals surface area (Å²) in [5, 5.41) is 0. The summed E-state index contributed by atoms with van der Waals surface area (Å²) < 4.78 is 6.11. The zero-order chi connectivity index (χ0) is 15.0. The third kappa shape index (κ3) is 2.52. The van der Waals surface area contributed by atoms with Crippen LogP contribution < -0.4 is 0 Å². The average Bonchev–Trinajstić information content (AvgIpc) is 3.00. The molecule has 1 unspecified atom stereocenters. The Morgan fingerprint density at radius 2 is 2.09 bits per heavy atom. The van der Waals surface area contributed by atoms with Gasteiger partial charge in [-0.2, -0.15) is 0 Å². The molecule has 1 aromatic heterocycles. The summed E-state index contributed by atoms with van der Waals surface area (Å²) in [6, 6.07) is 4.18. The Kier molecular flexibility index (Phi) is 3.62. The van der Waals surface area contributed by atoms with E-state index < -0.39 is 0 Å². The number of hydrogen-bond acceptors (Lipinski definition) is 4. The number of carbonyl (C=O) groups excluding carboxylic acids is 1. The molecule has 1 atom stereocenters. The zero-order valence-corrected chi connectivity index (χ0v) is 12.9. The van der Waals surface area contributed by atoms with Gasteiger partial charge in [0.15, 0.2) is 0 Å². The first-order valence-corrected chi connectivity index (χ1v) is 8.33. The monoisotopic (exact) mass is 301 g/mol. The number of ether oxygens (including phenoxy) is 1. The summed E-state index contributed by atoms with van der Waals surface area (Å²) >= 11 is 0. The van der Waals surface area contributed by atoms with Crippen LogP contribution in [0.15, 0.2) is 24.5 Å². The van der Waals surface area contributed by atoms with Gasteiger partial charge >= 0.3 is 0 Å². The van der Waals surface area contributed by atoms with Crippen LogP contribution in [0.5, 0.6) is 0 Å². The Balaban J connectivity index is 1.34. The number of carbonyl (C=O) groups is 1. The highest BCUT2D eigenvalue weighted by molar-refractivity contribution is 5.94. The van der Waals surface area contributed by atoms with Crippen molar-refractivity contribution in [2.24, 2.45) is 0 Å². The summed E-state index contributed by atoms with van der Waals surface area (Å²) in [7, 11) is 0. The Hall–Kier alpha value is -1.46. The molecule has 22 heavy (non-hydrogen) atoms. The number of nitrogens with zero attached hydrogens (tertiary/aromatic N) is 3. The lowest BCUT2D eigenvalue weighted by Gasteiger charge is -2.47. The van der Waals surface area contributed by atoms with E-state index in [2.05, 4.69) is 9.88 Å². The van der Waals surface area contributed by atoms with E-state index in [-0.39, 0.29) is 11.5 Å². The highest BCUT2D eigenvalue weighted by Gasteiger charge is 2.52. The lowest BCUT2D eigenvalue weighted by molar-refractivity contribution is -0.0951. The van der Waals surface area contributed by atoms with E-state index in [1.165, 1.54) is 32.4 Å². The van der Waals surface area contributed by atoms with Crippen LogP contribution in [-0.2, 0) is 4.74 Å². The molecule has 0 N–H and O–H groups in total. The van der Waals surface area contributed by atoms with Crippen molar-refractivity contribution >= 4 is 5.91 Å². The Bertz CT molecular complexity index is 536. The number of piperidine rings is 1. The van der Waals surface area contributed by atoms with Gasteiger partial charge in [0.05, 0.1) is 25.3 Å². The van der Waals surface area contributed by atoms with E-state index in [1.54, 1.807) is 18.5 Å². The summed E-state index contributed by atoms with van der Waals surface area (Å²) in [5.41, 5.74) is 0.586. The first-order valence-electron chi connectivity index (χ1n) is 8.33. The highest BCUT2D eigenvalue weighted by atomic mass is 16.5. The maximum absolute atomic E-state index is 12.4. The first kappa shape index (κ1) is 14.2. The molecule has 0 radical (unpaired) electrons. The molecule has 3 aliphatic heterocycles. The average molecular weight is 301 g/mol. The molecule has 5 heteroatoms. The summed E-state index contributed by atoms with van der Waals surface area (Å²) in [5.74, 6) is 0.0729. The van der Waals surface area contributed by atoms with E-state index in [9.17, 15) is 4.79 Å². The van der Waals surface area contributed by atoms with Gasteiger partial charge in [0.25, 0.3) is 5.91 Å². The number of pyridine rings is 1. The molecule has 4 heterocycles. The fourth-order valence-electron chi connectivity index (χ4n) is 4.02. The van der Waals surface area contributed by atoms with E-state index >= 15 is 0 Å².